The van der Waals surface area contributed by atoms with Crippen molar-refractivity contribution in [3.63, 3.8) is 0 Å². The molecule has 1 saturated heterocycles. The van der Waals surface area contributed by atoms with Crippen molar-refractivity contribution in [3.05, 3.63) is 59.4 Å². The number of carbonyl (C=O) groups excluding carboxylic acids is 1. The van der Waals surface area contributed by atoms with Crippen LogP contribution in [0.5, 0.6) is 5.75 Å². The second-order valence-corrected chi connectivity index (χ2v) is 8.81. The number of hydrogen-bond donors (Lipinski definition) is 0. The standard InChI is InChI=1S/C25H29N3O2/c1-17-12-18(2)14-21(13-17)30-11-5-10-27-23-7-4-3-6-22(23)26-25(27)19-15-24(29)28(16-19)20-8-9-20/h3-4,6-7,12-14,19-20H,5,8-11,15-16H2,1-2H3. The third-order valence-electron chi connectivity index (χ3n) is 6.19. The average molecular weight is 404 g/mol. The lowest BCUT2D eigenvalue weighted by Crippen LogP contribution is -2.27. The zero-order valence-electron chi connectivity index (χ0n) is 17.8. The van der Waals surface area contributed by atoms with Crippen LogP contribution in [0.1, 0.15) is 48.6 Å². The van der Waals surface area contributed by atoms with Crippen molar-refractivity contribution in [3.8, 4) is 5.75 Å². The van der Waals surface area contributed by atoms with Gasteiger partial charge in [-0.25, -0.2) is 4.98 Å². The summed E-state index contributed by atoms with van der Waals surface area (Å²) in [6.45, 7) is 6.50. The Morgan fingerprint density at radius 3 is 2.63 bits per heavy atom. The number of benzene rings is 2. The van der Waals surface area contributed by atoms with Gasteiger partial charge in [-0.15, -0.1) is 0 Å². The number of imidazole rings is 1. The molecule has 2 aromatic carbocycles. The van der Waals surface area contributed by atoms with Gasteiger partial charge in [0.25, 0.3) is 0 Å². The van der Waals surface area contributed by atoms with Crippen LogP contribution in [-0.2, 0) is 11.3 Å². The van der Waals surface area contributed by atoms with Crippen molar-refractivity contribution in [1.82, 2.24) is 14.5 Å². The second kappa shape index (κ2) is 7.78. The third kappa shape index (κ3) is 3.81. The van der Waals surface area contributed by atoms with Gasteiger partial charge in [-0.05, 0) is 68.5 Å². The molecule has 1 saturated carbocycles. The molecule has 2 aliphatic rings. The molecule has 1 aliphatic heterocycles. The van der Waals surface area contributed by atoms with Crippen LogP contribution in [0.15, 0.2) is 42.5 Å². The summed E-state index contributed by atoms with van der Waals surface area (Å²) >= 11 is 0. The predicted octanol–water partition coefficient (Wildman–Crippen LogP) is 4.60. The number of rotatable bonds is 7. The van der Waals surface area contributed by atoms with Crippen molar-refractivity contribution in [1.29, 1.82) is 0 Å². The zero-order chi connectivity index (χ0) is 20.7. The summed E-state index contributed by atoms with van der Waals surface area (Å²) in [7, 11) is 0. The number of ether oxygens (including phenoxy) is 1. The highest BCUT2D eigenvalue weighted by Gasteiger charge is 2.41. The normalized spacial score (nSPS) is 19.1. The fourth-order valence-electron chi connectivity index (χ4n) is 4.71. The number of para-hydroxylation sites is 2. The van der Waals surface area contributed by atoms with Crippen LogP contribution in [-0.4, -0.2) is 39.6 Å². The Balaban J connectivity index is 1.32. The van der Waals surface area contributed by atoms with Gasteiger partial charge in [0.15, 0.2) is 0 Å². The van der Waals surface area contributed by atoms with Gasteiger partial charge < -0.3 is 14.2 Å². The number of nitrogens with zero attached hydrogens (tertiary/aromatic N) is 3. The number of aryl methyl sites for hydroxylation is 3. The second-order valence-electron chi connectivity index (χ2n) is 8.81. The molecular weight excluding hydrogens is 374 g/mol. The lowest BCUT2D eigenvalue weighted by atomic mass is 10.1. The molecule has 2 heterocycles. The molecule has 0 N–H and O–H groups in total. The van der Waals surface area contributed by atoms with Crippen LogP contribution in [0.2, 0.25) is 0 Å². The van der Waals surface area contributed by atoms with E-state index in [1.807, 2.05) is 6.07 Å². The lowest BCUT2D eigenvalue weighted by molar-refractivity contribution is -0.128. The van der Waals surface area contributed by atoms with Crippen LogP contribution in [0.25, 0.3) is 11.0 Å². The van der Waals surface area contributed by atoms with Gasteiger partial charge in [0, 0.05) is 31.5 Å². The van der Waals surface area contributed by atoms with Crippen molar-refractivity contribution in [2.45, 2.75) is 58.0 Å². The van der Waals surface area contributed by atoms with Crippen LogP contribution in [0.4, 0.5) is 0 Å². The molecule has 0 radical (unpaired) electrons. The molecule has 5 rings (SSSR count). The molecule has 0 spiro atoms. The highest BCUT2D eigenvalue weighted by Crippen LogP contribution is 2.37. The topological polar surface area (TPSA) is 47.4 Å². The molecular formula is C25H29N3O2. The van der Waals surface area contributed by atoms with Gasteiger partial charge in [0.2, 0.25) is 5.91 Å². The summed E-state index contributed by atoms with van der Waals surface area (Å²) in [6.07, 6.45) is 3.79. The zero-order valence-corrected chi connectivity index (χ0v) is 17.8. The highest BCUT2D eigenvalue weighted by molar-refractivity contribution is 5.81. The van der Waals surface area contributed by atoms with Crippen LogP contribution >= 0.6 is 0 Å². The van der Waals surface area contributed by atoms with Crippen LogP contribution in [0, 0.1) is 13.8 Å². The van der Waals surface area contributed by atoms with Gasteiger partial charge >= 0.3 is 0 Å². The highest BCUT2D eigenvalue weighted by atomic mass is 16.5. The minimum atomic E-state index is 0.186. The van der Waals surface area contributed by atoms with E-state index in [0.29, 0.717) is 25.0 Å². The molecule has 1 aliphatic carbocycles. The number of fused-ring (bicyclic) bond motifs is 1. The summed E-state index contributed by atoms with van der Waals surface area (Å²) in [6, 6.07) is 15.1. The van der Waals surface area contributed by atoms with E-state index in [-0.39, 0.29) is 5.92 Å². The molecule has 1 atom stereocenters. The van der Waals surface area contributed by atoms with Gasteiger partial charge in [-0.1, -0.05) is 18.2 Å². The first kappa shape index (κ1) is 19.2. The molecule has 1 amide bonds. The minimum absolute atomic E-state index is 0.186. The molecule has 156 valence electrons. The Labute approximate surface area is 177 Å². The van der Waals surface area contributed by atoms with E-state index >= 15 is 0 Å². The summed E-state index contributed by atoms with van der Waals surface area (Å²) < 4.78 is 8.34. The fourth-order valence-corrected chi connectivity index (χ4v) is 4.71. The van der Waals surface area contributed by atoms with E-state index in [1.165, 1.54) is 11.1 Å². The first-order chi connectivity index (χ1) is 14.6. The number of hydrogen-bond acceptors (Lipinski definition) is 3. The molecule has 30 heavy (non-hydrogen) atoms. The van der Waals surface area contributed by atoms with Gasteiger partial charge in [0.1, 0.15) is 11.6 Å². The SMILES string of the molecule is Cc1cc(C)cc(OCCCn2c(C3CC(=O)N(C4CC4)C3)nc3ccccc32)c1. The maximum atomic E-state index is 12.5. The van der Waals surface area contributed by atoms with E-state index in [0.717, 1.165) is 55.0 Å². The van der Waals surface area contributed by atoms with Crippen molar-refractivity contribution in [2.24, 2.45) is 0 Å². The Hall–Kier alpha value is -2.82. The lowest BCUT2D eigenvalue weighted by Gasteiger charge is -2.16. The third-order valence-corrected chi connectivity index (χ3v) is 6.19. The first-order valence-electron chi connectivity index (χ1n) is 11.0. The van der Waals surface area contributed by atoms with Crippen LogP contribution in [0.3, 0.4) is 0 Å². The molecule has 3 aromatic rings. The van der Waals surface area contributed by atoms with E-state index < -0.39 is 0 Å². The molecule has 1 unspecified atom stereocenters. The van der Waals surface area contributed by atoms with E-state index in [1.54, 1.807) is 0 Å². The Kier molecular flexibility index (Phi) is 4.97. The van der Waals surface area contributed by atoms with E-state index in [9.17, 15) is 4.79 Å². The smallest absolute Gasteiger partial charge is 0.223 e. The van der Waals surface area contributed by atoms with E-state index in [4.69, 9.17) is 9.72 Å². The quantitative estimate of drug-likeness (QED) is 0.542. The summed E-state index contributed by atoms with van der Waals surface area (Å²) in [5.41, 5.74) is 4.61. The Morgan fingerprint density at radius 2 is 1.87 bits per heavy atom. The Bertz CT molecular complexity index is 1060. The maximum absolute atomic E-state index is 12.5. The Morgan fingerprint density at radius 1 is 1.10 bits per heavy atom. The fraction of sp³-hybridized carbons (Fsp3) is 0.440. The summed E-state index contributed by atoms with van der Waals surface area (Å²) in [5, 5.41) is 0. The molecule has 1 aromatic heterocycles. The van der Waals surface area contributed by atoms with E-state index in [2.05, 4.69) is 59.7 Å². The number of likely N-dealkylation sites (tertiary alicyclic amines) is 1. The first-order valence-corrected chi connectivity index (χ1v) is 11.0. The van der Waals surface area contributed by atoms with Crippen molar-refractivity contribution >= 4 is 16.9 Å². The molecule has 2 fully saturated rings. The minimum Gasteiger partial charge on any atom is -0.494 e. The van der Waals surface area contributed by atoms with Gasteiger partial charge in [0.05, 0.1) is 17.6 Å². The number of carbonyl (C=O) groups is 1. The van der Waals surface area contributed by atoms with Crippen molar-refractivity contribution in [2.75, 3.05) is 13.2 Å². The van der Waals surface area contributed by atoms with Crippen LogP contribution < -0.4 is 4.74 Å². The summed E-state index contributed by atoms with van der Waals surface area (Å²) in [4.78, 5) is 19.5. The average Bonchev–Trinajstić information content (AvgIpc) is 3.38. The maximum Gasteiger partial charge on any atom is 0.223 e. The largest absolute Gasteiger partial charge is 0.494 e. The predicted molar refractivity (Wildman–Crippen MR) is 118 cm³/mol. The number of amides is 1. The van der Waals surface area contributed by atoms with Gasteiger partial charge in [-0.2, -0.15) is 0 Å². The van der Waals surface area contributed by atoms with Crippen molar-refractivity contribution < 1.29 is 9.53 Å². The van der Waals surface area contributed by atoms with Gasteiger partial charge in [-0.3, -0.25) is 4.79 Å². The molecule has 5 heteroatoms. The number of aromatic nitrogens is 2. The molecule has 5 nitrogen and oxygen atoms in total. The molecule has 0 bridgehead atoms. The monoisotopic (exact) mass is 403 g/mol. The summed E-state index contributed by atoms with van der Waals surface area (Å²) in [5.74, 6) is 2.47.